The standard InChI is InChI=1S/C35H21BrO/c36-23-18-19-28-26-12-4-3-11-25(26)27-13-5-6-14-29(27)35(32(28)21-23)30-15-7-8-16-33(30)37-34-24-10-2-1-9-22(24)17-20-31(34)35/h1-21H. The summed E-state index contributed by atoms with van der Waals surface area (Å²) in [5, 5.41) is 2.31. The summed E-state index contributed by atoms with van der Waals surface area (Å²) in [7, 11) is 0. The minimum absolute atomic E-state index is 0.567. The predicted molar refractivity (Wildman–Crippen MR) is 154 cm³/mol. The van der Waals surface area contributed by atoms with Crippen molar-refractivity contribution in [3.63, 3.8) is 0 Å². The summed E-state index contributed by atoms with van der Waals surface area (Å²) >= 11 is 3.83. The summed E-state index contributed by atoms with van der Waals surface area (Å²) in [6, 6.07) is 46.1. The number of rotatable bonds is 0. The van der Waals surface area contributed by atoms with E-state index in [2.05, 4.69) is 143 Å². The lowest BCUT2D eigenvalue weighted by Crippen LogP contribution is -2.34. The van der Waals surface area contributed by atoms with E-state index in [0.717, 1.165) is 26.9 Å². The number of hydrogen-bond acceptors (Lipinski definition) is 1. The maximum absolute atomic E-state index is 6.78. The molecule has 8 rings (SSSR count). The first-order chi connectivity index (χ1) is 18.3. The van der Waals surface area contributed by atoms with Crippen molar-refractivity contribution in [2.24, 2.45) is 0 Å². The van der Waals surface area contributed by atoms with Crippen LogP contribution in [0.1, 0.15) is 22.3 Å². The van der Waals surface area contributed by atoms with Gasteiger partial charge in [-0.25, -0.2) is 0 Å². The summed E-state index contributed by atoms with van der Waals surface area (Å²) < 4.78 is 7.85. The molecule has 2 aliphatic rings. The molecule has 6 aromatic carbocycles. The van der Waals surface area contributed by atoms with Crippen molar-refractivity contribution in [3.8, 4) is 33.8 Å². The minimum Gasteiger partial charge on any atom is -0.456 e. The number of benzene rings is 6. The van der Waals surface area contributed by atoms with Gasteiger partial charge in [0.2, 0.25) is 0 Å². The maximum atomic E-state index is 6.78. The number of fused-ring (bicyclic) bond motifs is 13. The van der Waals surface area contributed by atoms with Gasteiger partial charge >= 0.3 is 0 Å². The molecule has 6 aromatic rings. The van der Waals surface area contributed by atoms with Gasteiger partial charge in [-0.2, -0.15) is 0 Å². The molecule has 0 fully saturated rings. The first-order valence-electron chi connectivity index (χ1n) is 12.6. The molecule has 0 amide bonds. The Kier molecular flexibility index (Phi) is 4.36. The molecule has 1 aliphatic heterocycles. The van der Waals surface area contributed by atoms with E-state index in [4.69, 9.17) is 4.74 Å². The number of para-hydroxylation sites is 1. The molecule has 0 saturated heterocycles. The average molecular weight is 537 g/mol. The highest BCUT2D eigenvalue weighted by Crippen LogP contribution is 2.61. The highest BCUT2D eigenvalue weighted by Gasteiger charge is 2.49. The second-order valence-corrected chi connectivity index (χ2v) is 10.7. The Labute approximate surface area is 224 Å². The third-order valence-corrected chi connectivity index (χ3v) is 8.50. The smallest absolute Gasteiger partial charge is 0.140 e. The predicted octanol–water partition coefficient (Wildman–Crippen LogP) is 9.74. The van der Waals surface area contributed by atoms with E-state index in [1.54, 1.807) is 0 Å². The molecule has 0 bridgehead atoms. The zero-order valence-corrected chi connectivity index (χ0v) is 21.5. The molecule has 1 aliphatic carbocycles. The minimum atomic E-state index is -0.567. The summed E-state index contributed by atoms with van der Waals surface area (Å²) in [5.74, 6) is 1.83. The van der Waals surface area contributed by atoms with Crippen molar-refractivity contribution in [1.82, 2.24) is 0 Å². The van der Waals surface area contributed by atoms with Crippen molar-refractivity contribution in [1.29, 1.82) is 0 Å². The van der Waals surface area contributed by atoms with Crippen LogP contribution >= 0.6 is 15.9 Å². The summed E-state index contributed by atoms with van der Waals surface area (Å²) in [6.45, 7) is 0. The molecule has 1 unspecified atom stereocenters. The van der Waals surface area contributed by atoms with Gasteiger partial charge in [-0.1, -0.05) is 125 Å². The second-order valence-electron chi connectivity index (χ2n) is 9.79. The monoisotopic (exact) mass is 536 g/mol. The van der Waals surface area contributed by atoms with Crippen molar-refractivity contribution in [2.45, 2.75) is 5.41 Å². The van der Waals surface area contributed by atoms with Crippen molar-refractivity contribution >= 4 is 26.7 Å². The van der Waals surface area contributed by atoms with Crippen LogP contribution < -0.4 is 4.74 Å². The Morgan fingerprint density at radius 1 is 0.486 bits per heavy atom. The highest BCUT2D eigenvalue weighted by atomic mass is 79.9. The quantitative estimate of drug-likeness (QED) is 0.187. The van der Waals surface area contributed by atoms with Crippen LogP contribution in [0, 0.1) is 0 Å². The molecule has 1 nitrogen and oxygen atoms in total. The largest absolute Gasteiger partial charge is 0.456 e. The Bertz CT molecular complexity index is 1890. The lowest BCUT2D eigenvalue weighted by Gasteiger charge is -2.42. The Balaban J connectivity index is 1.66. The van der Waals surface area contributed by atoms with Crippen LogP contribution in [0.2, 0.25) is 0 Å². The van der Waals surface area contributed by atoms with Gasteiger partial charge in [0.15, 0.2) is 0 Å². The molecule has 1 spiro atoms. The Morgan fingerprint density at radius 3 is 1.97 bits per heavy atom. The van der Waals surface area contributed by atoms with Gasteiger partial charge in [-0.15, -0.1) is 0 Å². The number of halogens is 1. The van der Waals surface area contributed by atoms with Crippen LogP contribution in [0.5, 0.6) is 11.5 Å². The normalized spacial score (nSPS) is 16.6. The van der Waals surface area contributed by atoms with Gasteiger partial charge < -0.3 is 4.74 Å². The van der Waals surface area contributed by atoms with E-state index in [-0.39, 0.29) is 0 Å². The van der Waals surface area contributed by atoms with Crippen LogP contribution in [-0.4, -0.2) is 0 Å². The summed E-state index contributed by atoms with van der Waals surface area (Å²) in [4.78, 5) is 0. The van der Waals surface area contributed by atoms with Gasteiger partial charge in [0, 0.05) is 21.0 Å². The van der Waals surface area contributed by atoms with E-state index in [9.17, 15) is 0 Å². The van der Waals surface area contributed by atoms with Gasteiger partial charge in [0.1, 0.15) is 11.5 Å². The van der Waals surface area contributed by atoms with E-state index < -0.39 is 5.41 Å². The fraction of sp³-hybridized carbons (Fsp3) is 0.0286. The van der Waals surface area contributed by atoms with Crippen LogP contribution in [0.15, 0.2) is 132 Å². The van der Waals surface area contributed by atoms with Crippen molar-refractivity contribution in [3.05, 3.63) is 154 Å². The van der Waals surface area contributed by atoms with Crippen LogP contribution in [0.25, 0.3) is 33.0 Å². The maximum Gasteiger partial charge on any atom is 0.140 e. The third-order valence-electron chi connectivity index (χ3n) is 8.01. The summed E-state index contributed by atoms with van der Waals surface area (Å²) in [5.41, 5.74) is 9.29. The molecular weight excluding hydrogens is 516 g/mol. The molecule has 2 heteroatoms. The van der Waals surface area contributed by atoms with Crippen molar-refractivity contribution < 1.29 is 4.74 Å². The Morgan fingerprint density at radius 2 is 1.14 bits per heavy atom. The van der Waals surface area contributed by atoms with Gasteiger partial charge in [0.05, 0.1) is 5.41 Å². The zero-order chi connectivity index (χ0) is 24.6. The summed E-state index contributed by atoms with van der Waals surface area (Å²) in [6.07, 6.45) is 0. The van der Waals surface area contributed by atoms with Crippen LogP contribution in [0.3, 0.4) is 0 Å². The number of hydrogen-bond donors (Lipinski definition) is 0. The molecular formula is C35H21BrO. The van der Waals surface area contributed by atoms with Crippen molar-refractivity contribution in [2.75, 3.05) is 0 Å². The molecule has 37 heavy (non-hydrogen) atoms. The van der Waals surface area contributed by atoms with E-state index >= 15 is 0 Å². The van der Waals surface area contributed by atoms with Crippen LogP contribution in [0.4, 0.5) is 0 Å². The molecule has 174 valence electrons. The fourth-order valence-corrected chi connectivity index (χ4v) is 6.91. The first kappa shape index (κ1) is 21.0. The van der Waals surface area contributed by atoms with E-state index in [0.29, 0.717) is 0 Å². The molecule has 0 aromatic heterocycles. The van der Waals surface area contributed by atoms with Crippen LogP contribution in [-0.2, 0) is 5.41 Å². The van der Waals surface area contributed by atoms with E-state index in [1.807, 2.05) is 0 Å². The van der Waals surface area contributed by atoms with Gasteiger partial charge in [-0.3, -0.25) is 0 Å². The highest BCUT2D eigenvalue weighted by molar-refractivity contribution is 9.10. The average Bonchev–Trinajstić information content (AvgIpc) is 3.05. The van der Waals surface area contributed by atoms with E-state index in [1.165, 1.54) is 44.3 Å². The van der Waals surface area contributed by atoms with Gasteiger partial charge in [0.25, 0.3) is 0 Å². The molecule has 0 N–H and O–H groups in total. The number of ether oxygens (including phenoxy) is 1. The fourth-order valence-electron chi connectivity index (χ4n) is 6.55. The topological polar surface area (TPSA) is 9.23 Å². The molecule has 0 saturated carbocycles. The van der Waals surface area contributed by atoms with Gasteiger partial charge in [-0.05, 0) is 57.0 Å². The SMILES string of the molecule is Brc1ccc2c(c1)C1(c3ccccc3Oc3c1ccc1ccccc31)c1ccccc1-c1ccccc1-2. The zero-order valence-electron chi connectivity index (χ0n) is 19.9. The molecule has 0 radical (unpaired) electrons. The molecule has 1 heterocycles. The lowest BCUT2D eigenvalue weighted by molar-refractivity contribution is 0.440. The Hall–Kier alpha value is -4.14. The second kappa shape index (κ2) is 7.68. The third kappa shape index (κ3) is 2.74. The first-order valence-corrected chi connectivity index (χ1v) is 13.3. The lowest BCUT2D eigenvalue weighted by atomic mass is 9.62. The molecule has 1 atom stereocenters.